The molecule has 0 heterocycles. The Morgan fingerprint density at radius 2 is 1.67 bits per heavy atom. The van der Waals surface area contributed by atoms with Crippen LogP contribution in [0.1, 0.15) is 67.2 Å². The lowest BCUT2D eigenvalue weighted by molar-refractivity contribution is 0.286. The Kier molecular flexibility index (Phi) is 7.25. The van der Waals surface area contributed by atoms with Crippen LogP contribution in [0.3, 0.4) is 0 Å². The highest BCUT2D eigenvalue weighted by Gasteiger charge is 2.17. The van der Waals surface area contributed by atoms with Crippen molar-refractivity contribution < 1.29 is 0 Å². The van der Waals surface area contributed by atoms with E-state index in [4.69, 9.17) is 0 Å². The molecule has 0 saturated heterocycles. The molecular formula is C14H31N. The van der Waals surface area contributed by atoms with Crippen LogP contribution in [0.25, 0.3) is 0 Å². The van der Waals surface area contributed by atoms with Crippen molar-refractivity contribution in [3.8, 4) is 0 Å². The van der Waals surface area contributed by atoms with Crippen molar-refractivity contribution in [2.45, 2.75) is 73.3 Å². The first-order chi connectivity index (χ1) is 6.95. The zero-order valence-corrected chi connectivity index (χ0v) is 11.7. The van der Waals surface area contributed by atoms with E-state index in [1.54, 1.807) is 0 Å². The van der Waals surface area contributed by atoms with Crippen molar-refractivity contribution in [3.05, 3.63) is 0 Å². The van der Waals surface area contributed by atoms with Gasteiger partial charge in [0.25, 0.3) is 0 Å². The average molecular weight is 213 g/mol. The smallest absolute Gasteiger partial charge is 0.00672 e. The minimum Gasteiger partial charge on any atom is -0.313 e. The fraction of sp³-hybridized carbons (Fsp3) is 1.00. The average Bonchev–Trinajstić information content (AvgIpc) is 2.23. The highest BCUT2D eigenvalue weighted by molar-refractivity contribution is 4.74. The Bertz CT molecular complexity index is 151. The second kappa shape index (κ2) is 7.27. The molecule has 0 aromatic rings. The first-order valence-corrected chi connectivity index (χ1v) is 6.68. The molecule has 0 aliphatic rings. The summed E-state index contributed by atoms with van der Waals surface area (Å²) in [6.45, 7) is 15.0. The van der Waals surface area contributed by atoms with E-state index in [-0.39, 0.29) is 0 Å². The molecule has 0 bridgehead atoms. The van der Waals surface area contributed by atoms with E-state index in [9.17, 15) is 0 Å². The van der Waals surface area contributed by atoms with Gasteiger partial charge in [0.2, 0.25) is 0 Å². The number of rotatable bonds is 8. The Morgan fingerprint density at radius 3 is 2.07 bits per heavy atom. The molecule has 0 aromatic carbocycles. The predicted molar refractivity (Wildman–Crippen MR) is 70.2 cm³/mol. The highest BCUT2D eigenvalue weighted by atomic mass is 14.9. The fourth-order valence-electron chi connectivity index (χ4n) is 1.59. The van der Waals surface area contributed by atoms with Crippen molar-refractivity contribution in [1.82, 2.24) is 5.32 Å². The van der Waals surface area contributed by atoms with Gasteiger partial charge in [0.05, 0.1) is 0 Å². The normalized spacial score (nSPS) is 16.4. The summed E-state index contributed by atoms with van der Waals surface area (Å²) in [4.78, 5) is 0. The molecule has 0 rings (SSSR count). The van der Waals surface area contributed by atoms with Crippen molar-refractivity contribution in [3.63, 3.8) is 0 Å². The summed E-state index contributed by atoms with van der Waals surface area (Å²) in [5, 5.41) is 3.73. The predicted octanol–water partition coefficient (Wildman–Crippen LogP) is 4.23. The summed E-state index contributed by atoms with van der Waals surface area (Å²) >= 11 is 0. The van der Waals surface area contributed by atoms with Crippen molar-refractivity contribution in [1.29, 1.82) is 0 Å². The summed E-state index contributed by atoms with van der Waals surface area (Å²) in [5.41, 5.74) is 0.447. The minimum absolute atomic E-state index is 0.447. The fourth-order valence-corrected chi connectivity index (χ4v) is 1.59. The Morgan fingerprint density at radius 1 is 1.07 bits per heavy atom. The van der Waals surface area contributed by atoms with Gasteiger partial charge in [-0.25, -0.2) is 0 Å². The van der Waals surface area contributed by atoms with E-state index in [1.807, 2.05) is 0 Å². The maximum atomic E-state index is 3.73. The lowest BCUT2D eigenvalue weighted by Crippen LogP contribution is -2.37. The van der Waals surface area contributed by atoms with Crippen LogP contribution in [0.2, 0.25) is 0 Å². The van der Waals surface area contributed by atoms with Crippen LogP contribution < -0.4 is 5.32 Å². The largest absolute Gasteiger partial charge is 0.313 e. The van der Waals surface area contributed by atoms with E-state index in [1.165, 1.54) is 25.7 Å². The van der Waals surface area contributed by atoms with Crippen LogP contribution in [0, 0.1) is 11.3 Å². The molecule has 0 amide bonds. The van der Waals surface area contributed by atoms with E-state index < -0.39 is 0 Å². The van der Waals surface area contributed by atoms with Gasteiger partial charge < -0.3 is 5.32 Å². The topological polar surface area (TPSA) is 12.0 Å². The zero-order chi connectivity index (χ0) is 11.9. The third-order valence-corrected chi connectivity index (χ3v) is 3.70. The van der Waals surface area contributed by atoms with Gasteiger partial charge in [0, 0.05) is 12.6 Å². The standard InChI is InChI=1S/C14H31N/c1-7-12(4)10-13(8-2)15-11-14(5,6)9-3/h12-13,15H,7-11H2,1-6H3. The van der Waals surface area contributed by atoms with Crippen molar-refractivity contribution in [2.24, 2.45) is 11.3 Å². The summed E-state index contributed by atoms with van der Waals surface area (Å²) in [7, 11) is 0. The van der Waals surface area contributed by atoms with Crippen molar-refractivity contribution >= 4 is 0 Å². The molecule has 0 spiro atoms. The van der Waals surface area contributed by atoms with Crippen LogP contribution in [-0.2, 0) is 0 Å². The Balaban J connectivity index is 3.89. The van der Waals surface area contributed by atoms with E-state index >= 15 is 0 Å². The van der Waals surface area contributed by atoms with Gasteiger partial charge >= 0.3 is 0 Å². The third kappa shape index (κ3) is 6.94. The summed E-state index contributed by atoms with van der Waals surface area (Å²) in [6.07, 6.45) is 5.13. The first kappa shape index (κ1) is 15.0. The van der Waals surface area contributed by atoms with Crippen molar-refractivity contribution in [2.75, 3.05) is 6.54 Å². The molecule has 2 atom stereocenters. The number of hydrogen-bond donors (Lipinski definition) is 1. The van der Waals surface area contributed by atoms with Gasteiger partial charge in [-0.2, -0.15) is 0 Å². The maximum Gasteiger partial charge on any atom is 0.00672 e. The van der Waals surface area contributed by atoms with Crippen LogP contribution in [-0.4, -0.2) is 12.6 Å². The SMILES string of the molecule is CCC(C)CC(CC)NCC(C)(C)CC. The van der Waals surface area contributed by atoms with Gasteiger partial charge in [-0.05, 0) is 30.6 Å². The molecule has 1 heteroatoms. The van der Waals surface area contributed by atoms with E-state index in [0.717, 1.165) is 12.5 Å². The van der Waals surface area contributed by atoms with Crippen LogP contribution in [0.5, 0.6) is 0 Å². The molecule has 0 fully saturated rings. The van der Waals surface area contributed by atoms with Gasteiger partial charge in [0.1, 0.15) is 0 Å². The van der Waals surface area contributed by atoms with Crippen LogP contribution in [0.15, 0.2) is 0 Å². The molecule has 0 aromatic heterocycles. The number of hydrogen-bond acceptors (Lipinski definition) is 1. The van der Waals surface area contributed by atoms with Gasteiger partial charge in [-0.15, -0.1) is 0 Å². The molecule has 1 N–H and O–H groups in total. The maximum absolute atomic E-state index is 3.73. The van der Waals surface area contributed by atoms with Crippen LogP contribution in [0.4, 0.5) is 0 Å². The molecule has 0 aliphatic heterocycles. The Hall–Kier alpha value is -0.0400. The zero-order valence-electron chi connectivity index (χ0n) is 11.7. The van der Waals surface area contributed by atoms with Crippen LogP contribution >= 0.6 is 0 Å². The van der Waals surface area contributed by atoms with E-state index in [2.05, 4.69) is 46.9 Å². The second-order valence-electron chi connectivity index (χ2n) is 5.75. The molecule has 0 radical (unpaired) electrons. The molecule has 0 saturated carbocycles. The molecule has 2 unspecified atom stereocenters. The van der Waals surface area contributed by atoms with Gasteiger partial charge in [-0.3, -0.25) is 0 Å². The molecule has 1 nitrogen and oxygen atoms in total. The van der Waals surface area contributed by atoms with Gasteiger partial charge in [0.15, 0.2) is 0 Å². The van der Waals surface area contributed by atoms with E-state index in [0.29, 0.717) is 11.5 Å². The second-order valence-corrected chi connectivity index (χ2v) is 5.75. The summed E-state index contributed by atoms with van der Waals surface area (Å²) in [6, 6.07) is 0.714. The molecule has 15 heavy (non-hydrogen) atoms. The highest BCUT2D eigenvalue weighted by Crippen LogP contribution is 2.19. The summed E-state index contributed by atoms with van der Waals surface area (Å²) < 4.78 is 0. The quantitative estimate of drug-likeness (QED) is 0.636. The first-order valence-electron chi connectivity index (χ1n) is 6.68. The lowest BCUT2D eigenvalue weighted by atomic mass is 9.89. The molecule has 92 valence electrons. The molecular weight excluding hydrogens is 182 g/mol. The third-order valence-electron chi connectivity index (χ3n) is 3.70. The number of nitrogens with one attached hydrogen (secondary N) is 1. The van der Waals surface area contributed by atoms with Gasteiger partial charge in [-0.1, -0.05) is 48.0 Å². The molecule has 0 aliphatic carbocycles. The minimum atomic E-state index is 0.447. The lowest BCUT2D eigenvalue weighted by Gasteiger charge is -2.28. The monoisotopic (exact) mass is 213 g/mol. The Labute approximate surface area is 97.0 Å². The summed E-state index contributed by atoms with van der Waals surface area (Å²) in [5.74, 6) is 0.854.